The Labute approximate surface area is 125 Å². The minimum absolute atomic E-state index is 0.0157. The standard InChI is InChI=1S/C15H12ClNO4/c16-11-7-8(15(20)21)5-6-12(11)17-13(18)9-3-1-2-4-10(9)14(17)19/h1-2,5-7,9-10H,3-4H2,(H,20,21). The van der Waals surface area contributed by atoms with Gasteiger partial charge in [-0.15, -0.1) is 0 Å². The number of hydrogen-bond acceptors (Lipinski definition) is 3. The van der Waals surface area contributed by atoms with Crippen molar-refractivity contribution in [2.75, 3.05) is 4.90 Å². The van der Waals surface area contributed by atoms with Crippen LogP contribution in [0.2, 0.25) is 5.02 Å². The van der Waals surface area contributed by atoms with E-state index >= 15 is 0 Å². The Kier molecular flexibility index (Phi) is 3.29. The molecule has 5 nitrogen and oxygen atoms in total. The van der Waals surface area contributed by atoms with Crippen molar-refractivity contribution in [1.82, 2.24) is 0 Å². The number of carbonyl (C=O) groups excluding carboxylic acids is 2. The first-order chi connectivity index (χ1) is 10.0. The van der Waals surface area contributed by atoms with Crippen LogP contribution in [-0.4, -0.2) is 22.9 Å². The monoisotopic (exact) mass is 305 g/mol. The van der Waals surface area contributed by atoms with Crippen LogP contribution in [0.15, 0.2) is 30.4 Å². The number of fused-ring (bicyclic) bond motifs is 1. The molecule has 0 bridgehead atoms. The number of nitrogens with zero attached hydrogens (tertiary/aromatic N) is 1. The number of carboxylic acids is 1. The van der Waals surface area contributed by atoms with E-state index in [9.17, 15) is 14.4 Å². The fourth-order valence-electron chi connectivity index (χ4n) is 2.86. The molecule has 1 aromatic carbocycles. The lowest BCUT2D eigenvalue weighted by molar-refractivity contribution is -0.122. The van der Waals surface area contributed by atoms with Gasteiger partial charge in [-0.05, 0) is 31.0 Å². The molecule has 3 rings (SSSR count). The Morgan fingerprint density at radius 1 is 1.14 bits per heavy atom. The van der Waals surface area contributed by atoms with Crippen molar-refractivity contribution in [1.29, 1.82) is 0 Å². The van der Waals surface area contributed by atoms with Crippen molar-refractivity contribution in [3.05, 3.63) is 40.9 Å². The summed E-state index contributed by atoms with van der Waals surface area (Å²) in [5, 5.41) is 9.01. The zero-order chi connectivity index (χ0) is 15.1. The third-order valence-corrected chi connectivity index (χ3v) is 4.25. The smallest absolute Gasteiger partial charge is 0.335 e. The Bertz CT molecular complexity index is 656. The summed E-state index contributed by atoms with van der Waals surface area (Å²) in [6.45, 7) is 0. The highest BCUT2D eigenvalue weighted by Gasteiger charge is 2.48. The predicted octanol–water partition coefficient (Wildman–Crippen LogP) is 2.49. The number of hydrogen-bond donors (Lipinski definition) is 1. The number of imide groups is 1. The van der Waals surface area contributed by atoms with E-state index in [1.165, 1.54) is 18.2 Å². The van der Waals surface area contributed by atoms with Crippen molar-refractivity contribution in [2.45, 2.75) is 12.8 Å². The van der Waals surface area contributed by atoms with E-state index in [4.69, 9.17) is 16.7 Å². The summed E-state index contributed by atoms with van der Waals surface area (Å²) in [7, 11) is 0. The SMILES string of the molecule is O=C(O)c1ccc(N2C(=O)C3CC=CCC3C2=O)c(Cl)c1. The van der Waals surface area contributed by atoms with Crippen LogP contribution < -0.4 is 4.90 Å². The van der Waals surface area contributed by atoms with Crippen molar-refractivity contribution < 1.29 is 19.5 Å². The normalized spacial score (nSPS) is 24.3. The lowest BCUT2D eigenvalue weighted by Gasteiger charge is -2.16. The van der Waals surface area contributed by atoms with E-state index in [0.29, 0.717) is 12.8 Å². The van der Waals surface area contributed by atoms with Gasteiger partial charge >= 0.3 is 5.97 Å². The van der Waals surface area contributed by atoms with Gasteiger partial charge in [-0.2, -0.15) is 0 Å². The molecule has 1 saturated heterocycles. The molecule has 1 N–H and O–H groups in total. The number of allylic oxidation sites excluding steroid dienone is 2. The largest absolute Gasteiger partial charge is 0.478 e. The zero-order valence-corrected chi connectivity index (χ0v) is 11.7. The topological polar surface area (TPSA) is 74.7 Å². The van der Waals surface area contributed by atoms with Gasteiger partial charge in [-0.3, -0.25) is 9.59 Å². The predicted molar refractivity (Wildman–Crippen MR) is 76.3 cm³/mol. The summed E-state index contributed by atoms with van der Waals surface area (Å²) in [5.74, 6) is -2.31. The average molecular weight is 306 g/mol. The lowest BCUT2D eigenvalue weighted by atomic mass is 9.85. The summed E-state index contributed by atoms with van der Waals surface area (Å²) >= 11 is 6.06. The molecule has 6 heteroatoms. The van der Waals surface area contributed by atoms with E-state index in [2.05, 4.69) is 0 Å². The highest BCUT2D eigenvalue weighted by molar-refractivity contribution is 6.36. The van der Waals surface area contributed by atoms with E-state index in [1.807, 2.05) is 12.2 Å². The van der Waals surface area contributed by atoms with E-state index < -0.39 is 5.97 Å². The third kappa shape index (κ3) is 2.14. The minimum atomic E-state index is -1.11. The highest BCUT2D eigenvalue weighted by Crippen LogP contribution is 2.40. The van der Waals surface area contributed by atoms with Gasteiger partial charge in [0, 0.05) is 0 Å². The molecule has 0 saturated carbocycles. The van der Waals surface area contributed by atoms with Gasteiger partial charge in [-0.25, -0.2) is 9.69 Å². The number of anilines is 1. The van der Waals surface area contributed by atoms with Crippen molar-refractivity contribution in [3.8, 4) is 0 Å². The summed E-state index contributed by atoms with van der Waals surface area (Å²) in [6.07, 6.45) is 4.92. The summed E-state index contributed by atoms with van der Waals surface area (Å²) in [6, 6.07) is 4.00. The van der Waals surface area contributed by atoms with Crippen LogP contribution in [0.4, 0.5) is 5.69 Å². The molecule has 108 valence electrons. The molecule has 1 aliphatic carbocycles. The Morgan fingerprint density at radius 2 is 1.71 bits per heavy atom. The molecule has 1 aliphatic heterocycles. The Balaban J connectivity index is 1.99. The van der Waals surface area contributed by atoms with Gasteiger partial charge in [0.15, 0.2) is 0 Å². The summed E-state index contributed by atoms with van der Waals surface area (Å²) in [4.78, 5) is 36.8. The molecule has 0 spiro atoms. The third-order valence-electron chi connectivity index (χ3n) is 3.94. The van der Waals surface area contributed by atoms with Crippen LogP contribution in [0.3, 0.4) is 0 Å². The van der Waals surface area contributed by atoms with Crippen molar-refractivity contribution >= 4 is 35.1 Å². The van der Waals surface area contributed by atoms with Crippen LogP contribution in [-0.2, 0) is 9.59 Å². The maximum atomic E-state index is 12.4. The first-order valence-corrected chi connectivity index (χ1v) is 6.94. The molecular formula is C15H12ClNO4. The van der Waals surface area contributed by atoms with Gasteiger partial charge in [0.05, 0.1) is 28.1 Å². The maximum absolute atomic E-state index is 12.4. The molecular weight excluding hydrogens is 294 g/mol. The molecule has 0 aromatic heterocycles. The lowest BCUT2D eigenvalue weighted by Crippen LogP contribution is -2.31. The molecule has 2 amide bonds. The van der Waals surface area contributed by atoms with Crippen molar-refractivity contribution in [2.24, 2.45) is 11.8 Å². The van der Waals surface area contributed by atoms with Gasteiger partial charge in [0.1, 0.15) is 0 Å². The summed E-state index contributed by atoms with van der Waals surface area (Å²) in [5.41, 5.74) is 0.271. The van der Waals surface area contributed by atoms with E-state index in [0.717, 1.165) is 4.90 Å². The molecule has 1 aromatic rings. The first-order valence-electron chi connectivity index (χ1n) is 6.56. The van der Waals surface area contributed by atoms with Gasteiger partial charge in [0.2, 0.25) is 11.8 Å². The number of aromatic carboxylic acids is 1. The number of rotatable bonds is 2. The Hall–Kier alpha value is -2.14. The van der Waals surface area contributed by atoms with Crippen LogP contribution in [0.5, 0.6) is 0 Å². The van der Waals surface area contributed by atoms with Gasteiger partial charge < -0.3 is 5.11 Å². The molecule has 1 heterocycles. The van der Waals surface area contributed by atoms with E-state index in [-0.39, 0.29) is 39.9 Å². The molecule has 2 atom stereocenters. The first kappa shape index (κ1) is 13.8. The number of carbonyl (C=O) groups is 3. The summed E-state index contributed by atoms with van der Waals surface area (Å²) < 4.78 is 0. The second kappa shape index (κ2) is 5.00. The van der Waals surface area contributed by atoms with Crippen LogP contribution in [0.1, 0.15) is 23.2 Å². The van der Waals surface area contributed by atoms with Gasteiger partial charge in [0.25, 0.3) is 0 Å². The maximum Gasteiger partial charge on any atom is 0.335 e. The fourth-order valence-corrected chi connectivity index (χ4v) is 3.12. The average Bonchev–Trinajstić information content (AvgIpc) is 2.72. The molecule has 0 radical (unpaired) electrons. The van der Waals surface area contributed by atoms with Gasteiger partial charge in [-0.1, -0.05) is 23.8 Å². The number of benzene rings is 1. The quantitative estimate of drug-likeness (QED) is 0.673. The number of carboxylic acid groups (broad SMARTS) is 1. The fraction of sp³-hybridized carbons (Fsp3) is 0.267. The van der Waals surface area contributed by atoms with E-state index in [1.54, 1.807) is 0 Å². The molecule has 2 unspecified atom stereocenters. The Morgan fingerprint density at radius 3 is 2.19 bits per heavy atom. The van der Waals surface area contributed by atoms with Crippen LogP contribution in [0, 0.1) is 11.8 Å². The highest BCUT2D eigenvalue weighted by atomic mass is 35.5. The second-order valence-electron chi connectivity index (χ2n) is 5.14. The second-order valence-corrected chi connectivity index (χ2v) is 5.55. The molecule has 2 aliphatic rings. The number of halogens is 1. The van der Waals surface area contributed by atoms with Crippen LogP contribution >= 0.6 is 11.6 Å². The zero-order valence-electron chi connectivity index (χ0n) is 11.0. The van der Waals surface area contributed by atoms with Crippen LogP contribution in [0.25, 0.3) is 0 Å². The molecule has 21 heavy (non-hydrogen) atoms. The minimum Gasteiger partial charge on any atom is -0.478 e. The molecule has 1 fully saturated rings. The van der Waals surface area contributed by atoms with Crippen molar-refractivity contribution in [3.63, 3.8) is 0 Å². The number of amides is 2.